The third-order valence-corrected chi connectivity index (χ3v) is 2.70. The number of primary amides is 1. The number of benzene rings is 1. The highest BCUT2D eigenvalue weighted by atomic mass is 16.1. The van der Waals surface area contributed by atoms with Crippen LogP contribution in [-0.2, 0) is 6.54 Å². The van der Waals surface area contributed by atoms with Gasteiger partial charge in [-0.1, -0.05) is 11.3 Å². The lowest BCUT2D eigenvalue weighted by molar-refractivity contribution is 0.100. The molecule has 0 aliphatic heterocycles. The highest BCUT2D eigenvalue weighted by molar-refractivity contribution is 6.01. The first-order valence-corrected chi connectivity index (χ1v) is 5.95. The molecule has 100 valence electrons. The molecule has 7 heteroatoms. The number of carbonyl (C=O) groups excluding carboxylic acids is 1. The summed E-state index contributed by atoms with van der Waals surface area (Å²) in [4.78, 5) is 11.3. The van der Waals surface area contributed by atoms with Gasteiger partial charge in [0.25, 0.3) is 5.91 Å². The summed E-state index contributed by atoms with van der Waals surface area (Å²) in [6.45, 7) is 1.40. The first-order valence-electron chi connectivity index (χ1n) is 5.95. The number of nitrogen functional groups attached to an aromatic ring is 1. The number of rotatable bonds is 6. The van der Waals surface area contributed by atoms with E-state index >= 15 is 0 Å². The van der Waals surface area contributed by atoms with E-state index in [2.05, 4.69) is 15.6 Å². The van der Waals surface area contributed by atoms with Crippen molar-refractivity contribution in [2.24, 2.45) is 5.73 Å². The minimum Gasteiger partial charge on any atom is -0.397 e. The van der Waals surface area contributed by atoms with Crippen LogP contribution >= 0.6 is 0 Å². The van der Waals surface area contributed by atoms with Gasteiger partial charge in [-0.3, -0.25) is 9.48 Å². The smallest absolute Gasteiger partial charge is 0.250 e. The van der Waals surface area contributed by atoms with E-state index in [9.17, 15) is 4.79 Å². The number of nitrogens with two attached hydrogens (primary N) is 2. The van der Waals surface area contributed by atoms with E-state index < -0.39 is 5.91 Å². The number of amides is 1. The van der Waals surface area contributed by atoms with Crippen molar-refractivity contribution >= 4 is 17.3 Å². The number of carbonyl (C=O) groups is 1. The maximum Gasteiger partial charge on any atom is 0.250 e. The molecule has 5 N–H and O–H groups in total. The van der Waals surface area contributed by atoms with Crippen LogP contribution in [-0.4, -0.2) is 27.4 Å². The van der Waals surface area contributed by atoms with Crippen LogP contribution in [0.5, 0.6) is 0 Å². The largest absolute Gasteiger partial charge is 0.397 e. The molecular formula is C12H16N6O. The Bertz CT molecular complexity index is 551. The monoisotopic (exact) mass is 260 g/mol. The van der Waals surface area contributed by atoms with Gasteiger partial charge in [0.15, 0.2) is 0 Å². The van der Waals surface area contributed by atoms with E-state index in [1.165, 1.54) is 0 Å². The Morgan fingerprint density at radius 3 is 2.95 bits per heavy atom. The van der Waals surface area contributed by atoms with Crippen molar-refractivity contribution in [2.45, 2.75) is 13.0 Å². The molecule has 0 saturated carbocycles. The van der Waals surface area contributed by atoms with Gasteiger partial charge in [-0.25, -0.2) is 0 Å². The van der Waals surface area contributed by atoms with E-state index in [1.807, 2.05) is 0 Å². The van der Waals surface area contributed by atoms with Crippen LogP contribution in [0, 0.1) is 0 Å². The number of anilines is 2. The van der Waals surface area contributed by atoms with E-state index in [4.69, 9.17) is 11.5 Å². The molecule has 0 unspecified atom stereocenters. The van der Waals surface area contributed by atoms with Crippen LogP contribution in [0.1, 0.15) is 16.8 Å². The number of para-hydroxylation sites is 1. The molecule has 0 saturated heterocycles. The second kappa shape index (κ2) is 5.85. The molecule has 0 aliphatic rings. The SMILES string of the molecule is NC(=O)c1cccc(N)c1NCCCn1ccnn1. The zero-order valence-electron chi connectivity index (χ0n) is 10.4. The van der Waals surface area contributed by atoms with Crippen molar-refractivity contribution in [2.75, 3.05) is 17.6 Å². The number of nitrogens with one attached hydrogen (secondary N) is 1. The van der Waals surface area contributed by atoms with Crippen LogP contribution in [0.15, 0.2) is 30.6 Å². The number of hydrogen-bond donors (Lipinski definition) is 3. The predicted molar refractivity (Wildman–Crippen MR) is 72.5 cm³/mol. The Hall–Kier alpha value is -2.57. The first kappa shape index (κ1) is 12.9. The summed E-state index contributed by atoms with van der Waals surface area (Å²) in [5, 5.41) is 10.7. The van der Waals surface area contributed by atoms with Crippen molar-refractivity contribution in [3.63, 3.8) is 0 Å². The Labute approximate surface area is 110 Å². The molecule has 0 aliphatic carbocycles. The third-order valence-electron chi connectivity index (χ3n) is 2.70. The normalized spacial score (nSPS) is 10.3. The minimum atomic E-state index is -0.494. The van der Waals surface area contributed by atoms with E-state index in [0.29, 0.717) is 23.5 Å². The topological polar surface area (TPSA) is 112 Å². The fourth-order valence-corrected chi connectivity index (χ4v) is 1.78. The summed E-state index contributed by atoms with van der Waals surface area (Å²) in [5.74, 6) is -0.494. The van der Waals surface area contributed by atoms with Gasteiger partial charge >= 0.3 is 0 Å². The molecule has 2 rings (SSSR count). The Morgan fingerprint density at radius 1 is 1.42 bits per heavy atom. The van der Waals surface area contributed by atoms with Gasteiger partial charge in [0.2, 0.25) is 0 Å². The van der Waals surface area contributed by atoms with Crippen LogP contribution in [0.4, 0.5) is 11.4 Å². The summed E-state index contributed by atoms with van der Waals surface area (Å²) in [6.07, 6.45) is 4.26. The summed E-state index contributed by atoms with van der Waals surface area (Å²) in [7, 11) is 0. The highest BCUT2D eigenvalue weighted by Crippen LogP contribution is 2.22. The average molecular weight is 260 g/mol. The lowest BCUT2D eigenvalue weighted by atomic mass is 10.1. The molecule has 19 heavy (non-hydrogen) atoms. The standard InChI is InChI=1S/C12H16N6O/c13-10-4-1-3-9(12(14)19)11(10)15-5-2-7-18-8-6-16-17-18/h1,3-4,6,8,15H,2,5,7,13H2,(H2,14,19). The second-order valence-electron chi connectivity index (χ2n) is 4.08. The lowest BCUT2D eigenvalue weighted by Gasteiger charge is -2.12. The number of aryl methyl sites for hydroxylation is 1. The zero-order valence-corrected chi connectivity index (χ0v) is 10.4. The molecular weight excluding hydrogens is 244 g/mol. The minimum absolute atomic E-state index is 0.403. The van der Waals surface area contributed by atoms with Crippen LogP contribution < -0.4 is 16.8 Å². The molecule has 0 spiro atoms. The highest BCUT2D eigenvalue weighted by Gasteiger charge is 2.10. The predicted octanol–water partition coefficient (Wildman–Crippen LogP) is 0.461. The third kappa shape index (κ3) is 3.21. The zero-order chi connectivity index (χ0) is 13.7. The maximum atomic E-state index is 11.3. The van der Waals surface area contributed by atoms with Crippen LogP contribution in [0.25, 0.3) is 0 Å². The molecule has 1 amide bonds. The van der Waals surface area contributed by atoms with Gasteiger partial charge < -0.3 is 16.8 Å². The van der Waals surface area contributed by atoms with Gasteiger partial charge in [-0.15, -0.1) is 5.10 Å². The molecule has 2 aromatic rings. The van der Waals surface area contributed by atoms with Gasteiger partial charge in [0, 0.05) is 19.3 Å². The summed E-state index contributed by atoms with van der Waals surface area (Å²) < 4.78 is 1.74. The molecule has 1 aromatic carbocycles. The molecule has 1 aromatic heterocycles. The number of hydrogen-bond acceptors (Lipinski definition) is 5. The van der Waals surface area contributed by atoms with Crippen molar-refractivity contribution in [3.8, 4) is 0 Å². The van der Waals surface area contributed by atoms with E-state index in [1.54, 1.807) is 35.3 Å². The summed E-state index contributed by atoms with van der Waals surface area (Å²) in [6, 6.07) is 5.08. The fraction of sp³-hybridized carbons (Fsp3) is 0.250. The molecule has 0 bridgehead atoms. The molecule has 0 fully saturated rings. The molecule has 0 radical (unpaired) electrons. The van der Waals surface area contributed by atoms with Crippen LogP contribution in [0.2, 0.25) is 0 Å². The van der Waals surface area contributed by atoms with E-state index in [0.717, 1.165) is 13.0 Å². The van der Waals surface area contributed by atoms with Gasteiger partial charge in [0.05, 0.1) is 23.1 Å². The van der Waals surface area contributed by atoms with Gasteiger partial charge in [0.1, 0.15) is 0 Å². The quantitative estimate of drug-likeness (QED) is 0.516. The number of aromatic nitrogens is 3. The second-order valence-corrected chi connectivity index (χ2v) is 4.08. The fourth-order valence-electron chi connectivity index (χ4n) is 1.78. The summed E-state index contributed by atoms with van der Waals surface area (Å²) in [5.41, 5.74) is 12.7. The van der Waals surface area contributed by atoms with Crippen molar-refractivity contribution in [3.05, 3.63) is 36.2 Å². The Morgan fingerprint density at radius 2 is 2.26 bits per heavy atom. The van der Waals surface area contributed by atoms with Crippen molar-refractivity contribution < 1.29 is 4.79 Å². The van der Waals surface area contributed by atoms with Crippen molar-refractivity contribution in [1.29, 1.82) is 0 Å². The summed E-state index contributed by atoms with van der Waals surface area (Å²) >= 11 is 0. The Kier molecular flexibility index (Phi) is 3.97. The van der Waals surface area contributed by atoms with Crippen molar-refractivity contribution in [1.82, 2.24) is 15.0 Å². The first-order chi connectivity index (χ1) is 9.18. The van der Waals surface area contributed by atoms with Crippen LogP contribution in [0.3, 0.4) is 0 Å². The number of nitrogens with zero attached hydrogens (tertiary/aromatic N) is 3. The van der Waals surface area contributed by atoms with E-state index in [-0.39, 0.29) is 0 Å². The maximum absolute atomic E-state index is 11.3. The van der Waals surface area contributed by atoms with Gasteiger partial charge in [-0.05, 0) is 18.6 Å². The van der Waals surface area contributed by atoms with Gasteiger partial charge in [-0.2, -0.15) is 0 Å². The lowest BCUT2D eigenvalue weighted by Crippen LogP contribution is -2.16. The average Bonchev–Trinajstić information content (AvgIpc) is 2.88. The molecule has 7 nitrogen and oxygen atoms in total. The molecule has 0 atom stereocenters. The Balaban J connectivity index is 1.93. The molecule has 1 heterocycles.